The van der Waals surface area contributed by atoms with Gasteiger partial charge in [-0.05, 0) is 57.8 Å². The van der Waals surface area contributed by atoms with Gasteiger partial charge in [0.2, 0.25) is 5.91 Å². The van der Waals surface area contributed by atoms with Gasteiger partial charge in [0, 0.05) is 6.42 Å². The van der Waals surface area contributed by atoms with E-state index < -0.39 is 49.5 Å². The Bertz CT molecular complexity index is 1340. The van der Waals surface area contributed by atoms with Crippen molar-refractivity contribution in [1.82, 2.24) is 5.32 Å². The molecular weight excluding hydrogens is 983 g/mol. The highest BCUT2D eigenvalue weighted by Gasteiger charge is 2.44. The van der Waals surface area contributed by atoms with Crippen molar-refractivity contribution in [1.29, 1.82) is 0 Å². The van der Waals surface area contributed by atoms with Crippen molar-refractivity contribution in [3.63, 3.8) is 0 Å². The summed E-state index contributed by atoms with van der Waals surface area (Å²) < 4.78 is 11.3. The van der Waals surface area contributed by atoms with Gasteiger partial charge in [-0.3, -0.25) is 4.79 Å². The van der Waals surface area contributed by atoms with Crippen LogP contribution in [0.3, 0.4) is 0 Å². The second-order valence-corrected chi connectivity index (χ2v) is 24.3. The van der Waals surface area contributed by atoms with Gasteiger partial charge in [0.25, 0.3) is 0 Å². The third-order valence-electron chi connectivity index (χ3n) is 16.7. The van der Waals surface area contributed by atoms with E-state index in [1.54, 1.807) is 6.08 Å². The summed E-state index contributed by atoms with van der Waals surface area (Å²) in [4.78, 5) is 13.1. The number of carbonyl (C=O) groups is 1. The van der Waals surface area contributed by atoms with Crippen molar-refractivity contribution < 1.29 is 39.8 Å². The lowest BCUT2D eigenvalue weighted by molar-refractivity contribution is -0.302. The van der Waals surface area contributed by atoms with Gasteiger partial charge in [-0.2, -0.15) is 0 Å². The standard InChI is InChI=1S/C70H133NO8/c1-3-5-7-9-11-13-15-17-19-21-23-25-27-28-29-30-31-32-33-34-35-36-38-40-42-44-46-48-50-52-54-56-58-60-66(74)71-63(62-78-70-69(77)68(76)67(75)65(61-72)79-70)64(73)59-57-55-53-51-49-47-45-43-41-39-37-26-24-22-20-18-16-14-12-10-8-6-4-2/h28-29,49,51,57,59,63-65,67-70,72-73,75-77H,3-27,30-48,50,52-56,58,60-62H2,1-2H3,(H,71,74)/b29-28-,51-49+,59-57+. The smallest absolute Gasteiger partial charge is 0.220 e. The zero-order valence-electron chi connectivity index (χ0n) is 52.2. The Morgan fingerprint density at radius 3 is 1.06 bits per heavy atom. The molecule has 1 saturated heterocycles. The Morgan fingerprint density at radius 1 is 0.418 bits per heavy atom. The zero-order valence-corrected chi connectivity index (χ0v) is 52.2. The molecule has 1 rings (SSSR count). The number of amides is 1. The minimum atomic E-state index is -1.57. The lowest BCUT2D eigenvalue weighted by atomic mass is 9.99. The maximum absolute atomic E-state index is 13.1. The van der Waals surface area contributed by atoms with Gasteiger partial charge in [0.15, 0.2) is 6.29 Å². The van der Waals surface area contributed by atoms with Crippen LogP contribution < -0.4 is 5.32 Å². The van der Waals surface area contributed by atoms with E-state index in [2.05, 4.69) is 43.5 Å². The SMILES string of the molecule is CCCCCCCCCCCCCC/C=C\CCCCCCCCCCCCCCCCCCCC(=O)NC(COC1OC(CO)C(O)C(O)C1O)C(O)/C=C/CC/C=C/CCCCCCCCCCCCCCCCCCC. The van der Waals surface area contributed by atoms with Crippen LogP contribution in [0.5, 0.6) is 0 Å². The molecule has 0 bridgehead atoms. The molecule has 0 radical (unpaired) electrons. The van der Waals surface area contributed by atoms with Crippen LogP contribution in [0.2, 0.25) is 0 Å². The molecule has 1 aliphatic rings. The van der Waals surface area contributed by atoms with E-state index in [1.807, 2.05) is 6.08 Å². The van der Waals surface area contributed by atoms with Crippen molar-refractivity contribution in [2.24, 2.45) is 0 Å². The average Bonchev–Trinajstić information content (AvgIpc) is 3.47. The van der Waals surface area contributed by atoms with E-state index in [0.717, 1.165) is 38.5 Å². The van der Waals surface area contributed by atoms with Gasteiger partial charge in [-0.15, -0.1) is 0 Å². The monoisotopic (exact) mass is 1120 g/mol. The molecule has 6 N–H and O–H groups in total. The lowest BCUT2D eigenvalue weighted by Crippen LogP contribution is -2.60. The first-order valence-electron chi connectivity index (χ1n) is 34.7. The molecule has 0 aromatic rings. The summed E-state index contributed by atoms with van der Waals surface area (Å²) in [6.45, 7) is 3.82. The predicted octanol–water partition coefficient (Wildman–Crippen LogP) is 18.6. The van der Waals surface area contributed by atoms with E-state index in [1.165, 1.54) is 289 Å². The van der Waals surface area contributed by atoms with E-state index >= 15 is 0 Å². The van der Waals surface area contributed by atoms with Gasteiger partial charge < -0.3 is 40.3 Å². The number of hydrogen-bond donors (Lipinski definition) is 6. The molecule has 1 fully saturated rings. The van der Waals surface area contributed by atoms with Crippen LogP contribution in [0.4, 0.5) is 0 Å². The van der Waals surface area contributed by atoms with Crippen LogP contribution in [-0.4, -0.2) is 87.5 Å². The molecule has 0 saturated carbocycles. The molecule has 79 heavy (non-hydrogen) atoms. The molecule has 9 heteroatoms. The minimum Gasteiger partial charge on any atom is -0.394 e. The van der Waals surface area contributed by atoms with Crippen LogP contribution in [0.25, 0.3) is 0 Å². The first kappa shape index (κ1) is 75.4. The van der Waals surface area contributed by atoms with Crippen molar-refractivity contribution in [2.45, 2.75) is 391 Å². The van der Waals surface area contributed by atoms with Crippen molar-refractivity contribution in [3.05, 3.63) is 36.5 Å². The number of aliphatic hydroxyl groups excluding tert-OH is 5. The summed E-state index contributed by atoms with van der Waals surface area (Å²) in [5.41, 5.74) is 0. The summed E-state index contributed by atoms with van der Waals surface area (Å²) in [5.74, 6) is -0.180. The highest BCUT2D eigenvalue weighted by molar-refractivity contribution is 5.76. The number of nitrogens with one attached hydrogen (secondary N) is 1. The number of allylic oxidation sites excluding steroid dienone is 5. The molecule has 7 atom stereocenters. The lowest BCUT2D eigenvalue weighted by Gasteiger charge is -2.40. The third kappa shape index (κ3) is 48.5. The van der Waals surface area contributed by atoms with E-state index in [4.69, 9.17) is 9.47 Å². The molecule has 1 aliphatic heterocycles. The van der Waals surface area contributed by atoms with Gasteiger partial charge in [0.05, 0.1) is 25.4 Å². The number of hydrogen-bond acceptors (Lipinski definition) is 8. The van der Waals surface area contributed by atoms with E-state index in [0.29, 0.717) is 6.42 Å². The van der Waals surface area contributed by atoms with Crippen molar-refractivity contribution >= 4 is 5.91 Å². The molecule has 466 valence electrons. The van der Waals surface area contributed by atoms with E-state index in [9.17, 15) is 30.3 Å². The number of carbonyl (C=O) groups excluding carboxylic acids is 1. The first-order valence-corrected chi connectivity index (χ1v) is 34.7. The maximum atomic E-state index is 13.1. The highest BCUT2D eigenvalue weighted by Crippen LogP contribution is 2.23. The Labute approximate surface area is 489 Å². The minimum absolute atomic E-state index is 0.180. The molecule has 9 nitrogen and oxygen atoms in total. The molecule has 0 aliphatic carbocycles. The number of ether oxygens (including phenoxy) is 2. The Hall–Kier alpha value is -1.59. The summed E-state index contributed by atoms with van der Waals surface area (Å²) in [6.07, 6.45) is 72.6. The van der Waals surface area contributed by atoms with Crippen LogP contribution in [0.1, 0.15) is 348 Å². The van der Waals surface area contributed by atoms with Gasteiger partial charge in [-0.1, -0.05) is 320 Å². The summed E-state index contributed by atoms with van der Waals surface area (Å²) in [5, 5.41) is 54.7. The summed E-state index contributed by atoms with van der Waals surface area (Å²) in [7, 11) is 0. The molecule has 0 spiro atoms. The normalized spacial score (nSPS) is 18.7. The Kier molecular flexibility index (Phi) is 56.9. The molecule has 7 unspecified atom stereocenters. The van der Waals surface area contributed by atoms with Crippen LogP contribution in [0, 0.1) is 0 Å². The Balaban J connectivity index is 2.13. The molecular formula is C70H133NO8. The van der Waals surface area contributed by atoms with Gasteiger partial charge in [-0.25, -0.2) is 0 Å². The quantitative estimate of drug-likeness (QED) is 0.0261. The first-order chi connectivity index (χ1) is 38.8. The fourth-order valence-corrected chi connectivity index (χ4v) is 11.2. The predicted molar refractivity (Wildman–Crippen MR) is 337 cm³/mol. The second kappa shape index (κ2) is 59.6. The summed E-state index contributed by atoms with van der Waals surface area (Å²) in [6, 6.07) is -0.822. The van der Waals surface area contributed by atoms with Gasteiger partial charge in [0.1, 0.15) is 24.4 Å². The molecule has 1 heterocycles. The van der Waals surface area contributed by atoms with Crippen LogP contribution in [-0.2, 0) is 14.3 Å². The Morgan fingerprint density at radius 2 is 0.722 bits per heavy atom. The molecule has 0 aromatic heterocycles. The number of unbranched alkanes of at least 4 members (excludes halogenated alkanes) is 47. The fraction of sp³-hybridized carbons (Fsp3) is 0.900. The maximum Gasteiger partial charge on any atom is 0.220 e. The largest absolute Gasteiger partial charge is 0.394 e. The highest BCUT2D eigenvalue weighted by atomic mass is 16.7. The number of aliphatic hydroxyl groups is 5. The third-order valence-corrected chi connectivity index (χ3v) is 16.7. The molecule has 1 amide bonds. The van der Waals surface area contributed by atoms with Crippen molar-refractivity contribution in [2.75, 3.05) is 13.2 Å². The van der Waals surface area contributed by atoms with E-state index in [-0.39, 0.29) is 12.5 Å². The topological polar surface area (TPSA) is 149 Å². The van der Waals surface area contributed by atoms with Crippen LogP contribution in [0.15, 0.2) is 36.5 Å². The van der Waals surface area contributed by atoms with Gasteiger partial charge >= 0.3 is 0 Å². The van der Waals surface area contributed by atoms with Crippen LogP contribution >= 0.6 is 0 Å². The zero-order chi connectivity index (χ0) is 57.2. The van der Waals surface area contributed by atoms with Crippen molar-refractivity contribution in [3.8, 4) is 0 Å². The summed E-state index contributed by atoms with van der Waals surface area (Å²) >= 11 is 0. The fourth-order valence-electron chi connectivity index (χ4n) is 11.2. The molecule has 0 aromatic carbocycles. The second-order valence-electron chi connectivity index (χ2n) is 24.3. The number of rotatable bonds is 61. The average molecular weight is 1120 g/mol.